The lowest BCUT2D eigenvalue weighted by Crippen LogP contribution is -2.11. The summed E-state index contributed by atoms with van der Waals surface area (Å²) < 4.78 is 5.37. The number of aromatic nitrogens is 2. The van der Waals surface area contributed by atoms with Gasteiger partial charge in [-0.3, -0.25) is 9.89 Å². The number of furan rings is 1. The summed E-state index contributed by atoms with van der Waals surface area (Å²) in [5.74, 6) is 2.13. The minimum absolute atomic E-state index is 0.281. The van der Waals surface area contributed by atoms with Crippen LogP contribution >= 0.6 is 11.8 Å². The molecule has 2 aromatic heterocycles. The van der Waals surface area contributed by atoms with E-state index in [4.69, 9.17) is 4.42 Å². The highest BCUT2D eigenvalue weighted by Crippen LogP contribution is 2.14. The number of carbonyl (C=O) groups is 1. The number of rotatable bonds is 4. The maximum atomic E-state index is 11.7. The van der Waals surface area contributed by atoms with Crippen LogP contribution in [0.5, 0.6) is 0 Å². The van der Waals surface area contributed by atoms with Crippen LogP contribution in [0.25, 0.3) is 0 Å². The Morgan fingerprint density at radius 2 is 2.44 bits per heavy atom. The third kappa shape index (κ3) is 2.46. The molecule has 0 unspecified atom stereocenters. The molecule has 1 amide bonds. The number of nitrogens with zero attached hydrogens (tertiary/aromatic N) is 1. The van der Waals surface area contributed by atoms with E-state index in [1.54, 1.807) is 36.2 Å². The highest BCUT2D eigenvalue weighted by atomic mass is 32.2. The first-order valence-corrected chi connectivity index (χ1v) is 6.07. The van der Waals surface area contributed by atoms with Crippen LogP contribution in [0.2, 0.25) is 0 Å². The lowest BCUT2D eigenvalue weighted by molar-refractivity contribution is 0.0995. The number of anilines is 1. The second-order valence-corrected chi connectivity index (χ2v) is 3.99. The second kappa shape index (κ2) is 4.89. The molecule has 0 saturated carbocycles. The van der Waals surface area contributed by atoms with Gasteiger partial charge in [0.25, 0.3) is 5.91 Å². The highest BCUT2D eigenvalue weighted by Gasteiger charge is 2.11. The molecule has 0 spiro atoms. The predicted octanol–water partition coefficient (Wildman–Crippen LogP) is 2.12. The molecule has 0 atom stereocenters. The third-order valence-corrected chi connectivity index (χ3v) is 2.49. The van der Waals surface area contributed by atoms with Crippen LogP contribution in [0, 0.1) is 0 Å². The molecule has 6 heteroatoms. The van der Waals surface area contributed by atoms with E-state index >= 15 is 0 Å². The van der Waals surface area contributed by atoms with Gasteiger partial charge in [-0.15, -0.1) is 0 Å². The van der Waals surface area contributed by atoms with Gasteiger partial charge in [-0.2, -0.15) is 16.9 Å². The fraction of sp³-hybridized carbons (Fsp3) is 0.200. The van der Waals surface area contributed by atoms with Crippen LogP contribution in [-0.4, -0.2) is 22.4 Å². The van der Waals surface area contributed by atoms with E-state index < -0.39 is 0 Å². The van der Waals surface area contributed by atoms with Crippen LogP contribution < -0.4 is 5.32 Å². The van der Waals surface area contributed by atoms with E-state index in [9.17, 15) is 4.79 Å². The summed E-state index contributed by atoms with van der Waals surface area (Å²) in [6, 6.07) is 5.14. The molecule has 0 aliphatic heterocycles. The van der Waals surface area contributed by atoms with Crippen LogP contribution in [0.15, 0.2) is 28.8 Å². The number of thioether (sulfide) groups is 1. The Kier molecular flexibility index (Phi) is 3.31. The minimum Gasteiger partial charge on any atom is -0.455 e. The molecule has 0 aliphatic rings. The summed E-state index contributed by atoms with van der Waals surface area (Å²) in [7, 11) is 0. The Bertz CT molecular complexity index is 464. The maximum Gasteiger partial charge on any atom is 0.292 e. The fourth-order valence-corrected chi connectivity index (χ4v) is 1.67. The van der Waals surface area contributed by atoms with Crippen molar-refractivity contribution in [2.45, 2.75) is 5.75 Å². The van der Waals surface area contributed by atoms with Crippen molar-refractivity contribution in [3.63, 3.8) is 0 Å². The normalized spacial score (nSPS) is 10.3. The Balaban J connectivity index is 2.03. The molecule has 2 rings (SSSR count). The first-order chi connectivity index (χ1) is 7.79. The molecule has 2 heterocycles. The number of carbonyl (C=O) groups excluding carboxylic acids is 1. The number of H-pyrrole nitrogens is 1. The number of nitrogens with one attached hydrogen (secondary N) is 2. The van der Waals surface area contributed by atoms with Crippen molar-refractivity contribution in [1.82, 2.24) is 10.2 Å². The van der Waals surface area contributed by atoms with Gasteiger partial charge in [-0.05, 0) is 18.4 Å². The van der Waals surface area contributed by atoms with Crippen molar-refractivity contribution in [2.24, 2.45) is 0 Å². The summed E-state index contributed by atoms with van der Waals surface area (Å²) in [4.78, 5) is 11.7. The Morgan fingerprint density at radius 1 is 1.56 bits per heavy atom. The van der Waals surface area contributed by atoms with Gasteiger partial charge in [0.15, 0.2) is 5.76 Å². The summed E-state index contributed by atoms with van der Waals surface area (Å²) in [5.41, 5.74) is 0. The van der Waals surface area contributed by atoms with Gasteiger partial charge in [0.1, 0.15) is 11.6 Å². The van der Waals surface area contributed by atoms with Crippen molar-refractivity contribution in [2.75, 3.05) is 11.6 Å². The van der Waals surface area contributed by atoms with Gasteiger partial charge >= 0.3 is 0 Å². The molecule has 2 aromatic rings. The number of aromatic amines is 1. The highest BCUT2D eigenvalue weighted by molar-refractivity contribution is 7.97. The van der Waals surface area contributed by atoms with Crippen LogP contribution in [0.1, 0.15) is 16.3 Å². The Hall–Kier alpha value is -1.69. The fourth-order valence-electron chi connectivity index (χ4n) is 1.23. The number of amides is 1. The third-order valence-electron chi connectivity index (χ3n) is 1.92. The average Bonchev–Trinajstić information content (AvgIpc) is 2.89. The van der Waals surface area contributed by atoms with Crippen molar-refractivity contribution in [3.05, 3.63) is 35.9 Å². The number of hydrogen-bond donors (Lipinski definition) is 2. The first-order valence-electron chi connectivity index (χ1n) is 4.68. The lowest BCUT2D eigenvalue weighted by atomic mass is 10.4. The van der Waals surface area contributed by atoms with Crippen molar-refractivity contribution in [3.8, 4) is 0 Å². The zero-order chi connectivity index (χ0) is 11.4. The molecule has 0 fully saturated rings. The van der Waals surface area contributed by atoms with Gasteiger partial charge in [0.2, 0.25) is 0 Å². The molecule has 0 radical (unpaired) electrons. The lowest BCUT2D eigenvalue weighted by Gasteiger charge is -1.98. The minimum atomic E-state index is -0.281. The largest absolute Gasteiger partial charge is 0.455 e. The molecule has 0 bridgehead atoms. The molecule has 0 aromatic carbocycles. The topological polar surface area (TPSA) is 70.9 Å². The zero-order valence-corrected chi connectivity index (χ0v) is 9.50. The van der Waals surface area contributed by atoms with Crippen molar-refractivity contribution < 1.29 is 9.21 Å². The molecular weight excluding hydrogens is 226 g/mol. The van der Waals surface area contributed by atoms with Crippen LogP contribution in [0.4, 0.5) is 5.82 Å². The van der Waals surface area contributed by atoms with Gasteiger partial charge in [-0.25, -0.2) is 0 Å². The number of hydrogen-bond acceptors (Lipinski definition) is 4. The quantitative estimate of drug-likeness (QED) is 0.854. The molecule has 16 heavy (non-hydrogen) atoms. The molecular formula is C10H11N3O2S. The first kappa shape index (κ1) is 10.8. The summed E-state index contributed by atoms with van der Waals surface area (Å²) in [5, 5.41) is 9.01. The SMILES string of the molecule is CSCc1ccc(C(=O)Nc2ccn[nH]2)o1. The van der Waals surface area contributed by atoms with Crippen molar-refractivity contribution in [1.29, 1.82) is 0 Å². The van der Waals surface area contributed by atoms with E-state index in [0.717, 1.165) is 11.5 Å². The predicted molar refractivity (Wildman–Crippen MR) is 62.5 cm³/mol. The standard InChI is InChI=1S/C10H11N3O2S/c1-16-6-7-2-3-8(15-7)10(14)12-9-4-5-11-13-9/h2-5H,6H2,1H3,(H2,11,12,13,14). The Morgan fingerprint density at radius 3 is 3.12 bits per heavy atom. The second-order valence-electron chi connectivity index (χ2n) is 3.12. The molecule has 0 aliphatic carbocycles. The van der Waals surface area contributed by atoms with Gasteiger partial charge in [0.05, 0.1) is 11.9 Å². The summed E-state index contributed by atoms with van der Waals surface area (Å²) in [6.45, 7) is 0. The molecule has 2 N–H and O–H groups in total. The maximum absolute atomic E-state index is 11.7. The average molecular weight is 237 g/mol. The van der Waals surface area contributed by atoms with Crippen LogP contribution in [-0.2, 0) is 5.75 Å². The monoisotopic (exact) mass is 237 g/mol. The van der Waals surface area contributed by atoms with Crippen molar-refractivity contribution >= 4 is 23.5 Å². The molecule has 5 nitrogen and oxygen atoms in total. The van der Waals surface area contributed by atoms with E-state index in [1.165, 1.54) is 0 Å². The van der Waals surface area contributed by atoms with E-state index in [0.29, 0.717) is 11.6 Å². The molecule has 84 valence electrons. The Labute approximate surface area is 96.6 Å². The molecule has 0 saturated heterocycles. The summed E-state index contributed by atoms with van der Waals surface area (Å²) >= 11 is 1.64. The van der Waals surface area contributed by atoms with E-state index in [2.05, 4.69) is 15.5 Å². The smallest absolute Gasteiger partial charge is 0.292 e. The summed E-state index contributed by atoms with van der Waals surface area (Å²) in [6.07, 6.45) is 3.55. The van der Waals surface area contributed by atoms with Gasteiger partial charge < -0.3 is 9.73 Å². The van der Waals surface area contributed by atoms with E-state index in [-0.39, 0.29) is 5.91 Å². The zero-order valence-electron chi connectivity index (χ0n) is 8.69. The van der Waals surface area contributed by atoms with Gasteiger partial charge in [-0.1, -0.05) is 0 Å². The van der Waals surface area contributed by atoms with E-state index in [1.807, 2.05) is 6.26 Å². The van der Waals surface area contributed by atoms with Gasteiger partial charge in [0, 0.05) is 6.07 Å². The van der Waals surface area contributed by atoms with Crippen LogP contribution in [0.3, 0.4) is 0 Å².